The van der Waals surface area contributed by atoms with E-state index in [-0.39, 0.29) is 17.3 Å². The lowest BCUT2D eigenvalue weighted by Gasteiger charge is -2.25. The molecule has 38 heavy (non-hydrogen) atoms. The molecule has 8 heteroatoms. The van der Waals surface area contributed by atoms with Crippen LogP contribution in [0.2, 0.25) is 0 Å². The lowest BCUT2D eigenvalue weighted by Crippen LogP contribution is -2.30. The summed E-state index contributed by atoms with van der Waals surface area (Å²) < 4.78 is 34.7. The number of anilines is 1. The molecule has 0 unspecified atom stereocenters. The predicted molar refractivity (Wildman–Crippen MR) is 154 cm³/mol. The Morgan fingerprint density at radius 1 is 0.895 bits per heavy atom. The normalized spacial score (nSPS) is 11.1. The van der Waals surface area contributed by atoms with E-state index in [1.165, 1.54) is 23.5 Å². The Hall–Kier alpha value is -3.62. The van der Waals surface area contributed by atoms with Crippen LogP contribution in [-0.4, -0.2) is 28.0 Å². The highest BCUT2D eigenvalue weighted by molar-refractivity contribution is 9.10. The average molecular weight is 594 g/mol. The first-order chi connectivity index (χ1) is 18.3. The van der Waals surface area contributed by atoms with Crippen molar-refractivity contribution in [3.05, 3.63) is 124 Å². The van der Waals surface area contributed by atoms with Gasteiger partial charge in [-0.15, -0.1) is 0 Å². The van der Waals surface area contributed by atoms with Gasteiger partial charge in [-0.05, 0) is 82.9 Å². The molecule has 196 valence electrons. The third-order valence-electron chi connectivity index (χ3n) is 6.12. The summed E-state index contributed by atoms with van der Waals surface area (Å²) >= 11 is 3.39. The van der Waals surface area contributed by atoms with Crippen molar-refractivity contribution in [1.29, 1.82) is 0 Å². The number of aryl methyl sites for hydroxylation is 1. The van der Waals surface area contributed by atoms with E-state index < -0.39 is 10.0 Å². The molecule has 0 heterocycles. The number of rotatable bonds is 10. The van der Waals surface area contributed by atoms with Crippen molar-refractivity contribution in [3.8, 4) is 5.75 Å². The lowest BCUT2D eigenvalue weighted by atomic mass is 10.1. The van der Waals surface area contributed by atoms with Crippen molar-refractivity contribution in [2.75, 3.05) is 18.0 Å². The number of sulfonamides is 1. The van der Waals surface area contributed by atoms with E-state index in [4.69, 9.17) is 4.74 Å². The molecule has 0 atom stereocenters. The zero-order valence-electron chi connectivity index (χ0n) is 21.2. The first-order valence-corrected chi connectivity index (χ1v) is 14.4. The van der Waals surface area contributed by atoms with Crippen molar-refractivity contribution in [1.82, 2.24) is 5.32 Å². The highest BCUT2D eigenvalue weighted by Gasteiger charge is 2.26. The van der Waals surface area contributed by atoms with E-state index in [0.717, 1.165) is 23.1 Å². The fourth-order valence-corrected chi connectivity index (χ4v) is 6.13. The fourth-order valence-electron chi connectivity index (χ4n) is 3.96. The fraction of sp³-hybridized carbons (Fsp3) is 0.167. The third kappa shape index (κ3) is 6.62. The van der Waals surface area contributed by atoms with Crippen LogP contribution in [0.25, 0.3) is 0 Å². The minimum atomic E-state index is -3.91. The monoisotopic (exact) mass is 592 g/mol. The second-order valence-corrected chi connectivity index (χ2v) is 11.5. The van der Waals surface area contributed by atoms with E-state index in [1.807, 2.05) is 49.4 Å². The molecule has 0 radical (unpaired) electrons. The van der Waals surface area contributed by atoms with Gasteiger partial charge in [-0.1, -0.05) is 60.2 Å². The molecule has 0 aliphatic carbocycles. The van der Waals surface area contributed by atoms with Crippen molar-refractivity contribution >= 4 is 37.5 Å². The van der Waals surface area contributed by atoms with Gasteiger partial charge >= 0.3 is 0 Å². The van der Waals surface area contributed by atoms with Crippen molar-refractivity contribution in [2.45, 2.75) is 24.8 Å². The lowest BCUT2D eigenvalue weighted by molar-refractivity contribution is 0.0954. The van der Waals surface area contributed by atoms with Crippen LogP contribution in [0.4, 0.5) is 5.69 Å². The van der Waals surface area contributed by atoms with E-state index in [0.29, 0.717) is 28.0 Å². The molecule has 0 saturated carbocycles. The van der Waals surface area contributed by atoms with Crippen molar-refractivity contribution in [2.24, 2.45) is 0 Å². The van der Waals surface area contributed by atoms with Crippen LogP contribution in [0.15, 0.2) is 106 Å². The first kappa shape index (κ1) is 27.4. The molecule has 0 spiro atoms. The van der Waals surface area contributed by atoms with Gasteiger partial charge in [0.15, 0.2) is 0 Å². The van der Waals surface area contributed by atoms with Gasteiger partial charge in [0.2, 0.25) is 0 Å². The van der Waals surface area contributed by atoms with Gasteiger partial charge in [0.25, 0.3) is 15.9 Å². The van der Waals surface area contributed by atoms with Crippen LogP contribution in [0.3, 0.4) is 0 Å². The van der Waals surface area contributed by atoms with Gasteiger partial charge in [-0.3, -0.25) is 9.10 Å². The number of nitrogens with one attached hydrogen (secondary N) is 1. The Morgan fingerprint density at radius 3 is 2.21 bits per heavy atom. The van der Waals surface area contributed by atoms with Gasteiger partial charge in [0.1, 0.15) is 5.75 Å². The number of hydrogen-bond donors (Lipinski definition) is 1. The van der Waals surface area contributed by atoms with Crippen LogP contribution in [0.5, 0.6) is 5.75 Å². The van der Waals surface area contributed by atoms with E-state index in [2.05, 4.69) is 21.2 Å². The third-order valence-corrected chi connectivity index (χ3v) is 8.51. The van der Waals surface area contributed by atoms with Gasteiger partial charge in [0, 0.05) is 12.1 Å². The molecule has 1 amide bonds. The zero-order valence-corrected chi connectivity index (χ0v) is 23.6. The van der Waals surface area contributed by atoms with Gasteiger partial charge < -0.3 is 10.1 Å². The van der Waals surface area contributed by atoms with Crippen molar-refractivity contribution in [3.63, 3.8) is 0 Å². The quantitative estimate of drug-likeness (QED) is 0.240. The Bertz CT molecular complexity index is 1490. The Balaban J connectivity index is 1.53. The molecule has 0 aliphatic heterocycles. The minimum Gasteiger partial charge on any atom is -0.496 e. The van der Waals surface area contributed by atoms with Crippen LogP contribution in [-0.2, 0) is 23.0 Å². The molecule has 0 fully saturated rings. The Kier molecular flexibility index (Phi) is 8.86. The number of benzene rings is 4. The number of ether oxygens (including phenoxy) is 1. The minimum absolute atomic E-state index is 0.102. The molecule has 4 rings (SSSR count). The number of methoxy groups -OCH3 is 1. The second-order valence-electron chi connectivity index (χ2n) is 8.83. The van der Waals surface area contributed by atoms with Crippen LogP contribution in [0, 0.1) is 6.92 Å². The standard InChI is InChI=1S/C30H29BrN2O4S/c1-22-8-14-26(15-9-22)33(38(35,36)27-16-17-29(37-2)28(31)20-27)21-24-10-12-25(13-11-24)30(34)32-19-18-23-6-4-3-5-7-23/h3-17,20H,18-19,21H2,1-2H3,(H,32,34). The first-order valence-electron chi connectivity index (χ1n) is 12.1. The van der Waals surface area contributed by atoms with Gasteiger partial charge in [-0.25, -0.2) is 8.42 Å². The highest BCUT2D eigenvalue weighted by Crippen LogP contribution is 2.31. The van der Waals surface area contributed by atoms with Gasteiger partial charge in [0.05, 0.1) is 28.7 Å². The molecule has 4 aromatic carbocycles. The summed E-state index contributed by atoms with van der Waals surface area (Å²) in [5.41, 5.74) is 4.00. The smallest absolute Gasteiger partial charge is 0.264 e. The summed E-state index contributed by atoms with van der Waals surface area (Å²) in [5, 5.41) is 2.94. The van der Waals surface area contributed by atoms with Crippen LogP contribution in [0.1, 0.15) is 27.0 Å². The SMILES string of the molecule is COc1ccc(S(=O)(=O)N(Cc2ccc(C(=O)NCCc3ccccc3)cc2)c2ccc(C)cc2)cc1Br. The van der Waals surface area contributed by atoms with E-state index in [9.17, 15) is 13.2 Å². The molecule has 0 aliphatic rings. The molecule has 4 aromatic rings. The molecule has 0 saturated heterocycles. The number of carbonyl (C=O) groups excluding carboxylic acids is 1. The summed E-state index contributed by atoms with van der Waals surface area (Å²) in [6, 6.07) is 29.0. The molecule has 1 N–H and O–H groups in total. The van der Waals surface area contributed by atoms with Crippen molar-refractivity contribution < 1.29 is 17.9 Å². The predicted octanol–water partition coefficient (Wildman–Crippen LogP) is 6.13. The topological polar surface area (TPSA) is 75.7 Å². The zero-order chi connectivity index (χ0) is 27.1. The van der Waals surface area contributed by atoms with Crippen LogP contribution >= 0.6 is 15.9 Å². The summed E-state index contributed by atoms with van der Waals surface area (Å²) in [6.07, 6.45) is 0.746. The molecule has 6 nitrogen and oxygen atoms in total. The molecular weight excluding hydrogens is 564 g/mol. The summed E-state index contributed by atoms with van der Waals surface area (Å²) in [7, 11) is -2.38. The number of hydrogen-bond acceptors (Lipinski definition) is 4. The molecule has 0 bridgehead atoms. The maximum absolute atomic E-state index is 13.8. The maximum atomic E-state index is 13.8. The Labute approximate surface area is 232 Å². The van der Waals surface area contributed by atoms with E-state index >= 15 is 0 Å². The number of nitrogens with zero attached hydrogens (tertiary/aromatic N) is 1. The highest BCUT2D eigenvalue weighted by atomic mass is 79.9. The number of halogens is 1. The summed E-state index contributed by atoms with van der Waals surface area (Å²) in [5.74, 6) is 0.377. The maximum Gasteiger partial charge on any atom is 0.264 e. The average Bonchev–Trinajstić information content (AvgIpc) is 2.93. The van der Waals surface area contributed by atoms with E-state index in [1.54, 1.807) is 42.5 Å². The van der Waals surface area contributed by atoms with Crippen LogP contribution < -0.4 is 14.4 Å². The second kappa shape index (κ2) is 12.3. The van der Waals surface area contributed by atoms with Gasteiger partial charge in [-0.2, -0.15) is 0 Å². The number of carbonyl (C=O) groups is 1. The Morgan fingerprint density at radius 2 is 1.58 bits per heavy atom. The summed E-state index contributed by atoms with van der Waals surface area (Å²) in [4.78, 5) is 12.8. The summed E-state index contributed by atoms with van der Waals surface area (Å²) in [6.45, 7) is 2.58. The molecular formula is C30H29BrN2O4S. The number of amides is 1. The molecule has 0 aromatic heterocycles. The largest absolute Gasteiger partial charge is 0.496 e.